The van der Waals surface area contributed by atoms with E-state index in [4.69, 9.17) is 0 Å². The van der Waals surface area contributed by atoms with E-state index in [2.05, 4.69) is 39.5 Å². The van der Waals surface area contributed by atoms with Crippen LogP contribution in [0.3, 0.4) is 0 Å². The van der Waals surface area contributed by atoms with Gasteiger partial charge in [-0.1, -0.05) is 18.2 Å². The molecule has 2 aromatic rings. The van der Waals surface area contributed by atoms with Crippen molar-refractivity contribution in [1.82, 2.24) is 14.7 Å². The summed E-state index contributed by atoms with van der Waals surface area (Å²) in [5.74, 6) is -0.806. The summed E-state index contributed by atoms with van der Waals surface area (Å²) in [5, 5.41) is 6.24. The Balaban J connectivity index is 1.15. The number of benzene rings is 2. The first kappa shape index (κ1) is 28.2. The van der Waals surface area contributed by atoms with Gasteiger partial charge in [-0.15, -0.1) is 0 Å². The molecule has 0 bridgehead atoms. The highest BCUT2D eigenvalue weighted by atomic mass is 19.1. The van der Waals surface area contributed by atoms with E-state index in [1.807, 2.05) is 12.2 Å². The van der Waals surface area contributed by atoms with Crippen molar-refractivity contribution in [3.63, 3.8) is 0 Å². The minimum absolute atomic E-state index is 0.0463. The standard InChI is InChI=1S/C33H38FN5O3/c1-21-22(7-8-23-17-29(41)36-30(21)23)11-14-38-15-12-33(19-38)13-16-39(20-33)27-5-4-6-28(40)31(27)35-26-10-9-24(34)18-25(26)32(42)37(2)3/h4-5,7-10,18,35H,6,11-17,19-20H2,1-3H3,(H,36,41). The summed E-state index contributed by atoms with van der Waals surface area (Å²) < 4.78 is 14.1. The fourth-order valence-corrected chi connectivity index (χ4v) is 6.91. The number of nitrogens with zero attached hydrogens (tertiary/aromatic N) is 3. The lowest BCUT2D eigenvalue weighted by atomic mass is 9.86. The number of nitrogens with one attached hydrogen (secondary N) is 2. The number of allylic oxidation sites excluding steroid dienone is 3. The molecule has 6 rings (SSSR count). The number of hydrogen-bond donors (Lipinski definition) is 2. The predicted molar refractivity (Wildman–Crippen MR) is 161 cm³/mol. The van der Waals surface area contributed by atoms with Gasteiger partial charge in [-0.3, -0.25) is 14.4 Å². The molecular weight excluding hydrogens is 533 g/mol. The molecule has 3 heterocycles. The zero-order valence-electron chi connectivity index (χ0n) is 24.6. The number of Topliss-reactive ketones (excluding diaryl/α,β-unsaturated/α-hetero) is 1. The molecule has 2 saturated heterocycles. The average molecular weight is 572 g/mol. The van der Waals surface area contributed by atoms with Crippen LogP contribution in [0.25, 0.3) is 0 Å². The van der Waals surface area contributed by atoms with Gasteiger partial charge in [0.1, 0.15) is 11.5 Å². The lowest BCUT2D eigenvalue weighted by Gasteiger charge is -2.29. The second kappa shape index (κ2) is 11.0. The van der Waals surface area contributed by atoms with E-state index >= 15 is 0 Å². The zero-order chi connectivity index (χ0) is 29.6. The Morgan fingerprint density at radius 2 is 1.93 bits per heavy atom. The summed E-state index contributed by atoms with van der Waals surface area (Å²) in [6.45, 7) is 6.83. The average Bonchev–Trinajstić information content (AvgIpc) is 3.68. The second-order valence-electron chi connectivity index (χ2n) is 12.4. The van der Waals surface area contributed by atoms with Crippen LogP contribution < -0.4 is 10.6 Å². The largest absolute Gasteiger partial charge is 0.369 e. The van der Waals surface area contributed by atoms with Gasteiger partial charge < -0.3 is 25.3 Å². The molecule has 4 aliphatic rings. The summed E-state index contributed by atoms with van der Waals surface area (Å²) in [7, 11) is 3.24. The highest BCUT2D eigenvalue weighted by molar-refractivity contribution is 6.04. The number of likely N-dealkylation sites (tertiary alicyclic amines) is 2. The fraction of sp³-hybridized carbons (Fsp3) is 0.424. The van der Waals surface area contributed by atoms with Gasteiger partial charge in [-0.2, -0.15) is 0 Å². The normalized spacial score (nSPS) is 21.9. The summed E-state index contributed by atoms with van der Waals surface area (Å²) in [6.07, 6.45) is 7.74. The van der Waals surface area contributed by atoms with E-state index in [1.165, 1.54) is 34.2 Å². The molecule has 0 radical (unpaired) electrons. The first-order chi connectivity index (χ1) is 20.1. The number of amides is 2. The molecule has 1 unspecified atom stereocenters. The molecule has 8 nitrogen and oxygen atoms in total. The summed E-state index contributed by atoms with van der Waals surface area (Å²) in [4.78, 5) is 44.0. The molecule has 9 heteroatoms. The predicted octanol–water partition coefficient (Wildman–Crippen LogP) is 4.12. The number of hydrogen-bond acceptors (Lipinski definition) is 6. The third-order valence-electron chi connectivity index (χ3n) is 9.26. The minimum atomic E-state index is -0.500. The molecule has 1 atom stereocenters. The molecule has 2 amide bonds. The molecule has 1 aliphatic carbocycles. The van der Waals surface area contributed by atoms with Crippen molar-refractivity contribution in [2.75, 3.05) is 57.5 Å². The van der Waals surface area contributed by atoms with Crippen LogP contribution >= 0.6 is 0 Å². The molecular formula is C33H38FN5O3. The Morgan fingerprint density at radius 3 is 2.74 bits per heavy atom. The molecule has 2 fully saturated rings. The number of rotatable bonds is 7. The van der Waals surface area contributed by atoms with Crippen molar-refractivity contribution < 1.29 is 18.8 Å². The van der Waals surface area contributed by atoms with E-state index in [0.717, 1.165) is 68.9 Å². The van der Waals surface area contributed by atoms with Crippen molar-refractivity contribution in [2.45, 2.75) is 39.0 Å². The molecule has 0 saturated carbocycles. The van der Waals surface area contributed by atoms with Crippen LogP contribution in [0.1, 0.15) is 46.3 Å². The van der Waals surface area contributed by atoms with Crippen molar-refractivity contribution in [3.05, 3.63) is 81.9 Å². The van der Waals surface area contributed by atoms with Crippen molar-refractivity contribution in [2.24, 2.45) is 5.41 Å². The van der Waals surface area contributed by atoms with Gasteiger partial charge in [0.05, 0.1) is 23.4 Å². The lowest BCUT2D eigenvalue weighted by molar-refractivity contribution is -0.115. The Kier molecular flexibility index (Phi) is 7.39. The van der Waals surface area contributed by atoms with Crippen LogP contribution in [-0.4, -0.2) is 79.1 Å². The molecule has 2 aromatic carbocycles. The zero-order valence-corrected chi connectivity index (χ0v) is 24.6. The SMILES string of the molecule is Cc1c(CCN2CCC3(CCN(C4=C(Nc5ccc(F)cc5C(=O)N(C)C)C(=O)CC=C4)C3)C2)ccc2c1NC(=O)C2. The van der Waals surface area contributed by atoms with E-state index in [0.29, 0.717) is 17.8 Å². The quantitative estimate of drug-likeness (QED) is 0.520. The third-order valence-corrected chi connectivity index (χ3v) is 9.26. The molecule has 42 heavy (non-hydrogen) atoms. The summed E-state index contributed by atoms with van der Waals surface area (Å²) in [5.41, 5.74) is 6.62. The van der Waals surface area contributed by atoms with Crippen molar-refractivity contribution >= 4 is 29.0 Å². The van der Waals surface area contributed by atoms with Crippen LogP contribution in [0.5, 0.6) is 0 Å². The number of ketones is 1. The van der Waals surface area contributed by atoms with Gasteiger partial charge in [0, 0.05) is 57.8 Å². The Labute approximate surface area is 246 Å². The van der Waals surface area contributed by atoms with Crippen LogP contribution in [0.4, 0.5) is 15.8 Å². The number of anilines is 2. The van der Waals surface area contributed by atoms with Crippen LogP contribution in [-0.2, 0) is 22.4 Å². The van der Waals surface area contributed by atoms with E-state index < -0.39 is 5.82 Å². The minimum Gasteiger partial charge on any atom is -0.369 e. The van der Waals surface area contributed by atoms with Gasteiger partial charge in [0.15, 0.2) is 5.78 Å². The fourth-order valence-electron chi connectivity index (χ4n) is 6.91. The van der Waals surface area contributed by atoms with E-state index in [1.54, 1.807) is 14.1 Å². The monoisotopic (exact) mass is 571 g/mol. The van der Waals surface area contributed by atoms with Crippen LogP contribution in [0.15, 0.2) is 53.9 Å². The lowest BCUT2D eigenvalue weighted by Crippen LogP contribution is -2.33. The first-order valence-corrected chi connectivity index (χ1v) is 14.7. The third kappa shape index (κ3) is 5.33. The maximum Gasteiger partial charge on any atom is 0.255 e. The smallest absolute Gasteiger partial charge is 0.255 e. The number of fused-ring (bicyclic) bond motifs is 1. The number of halogens is 1. The van der Waals surface area contributed by atoms with Crippen LogP contribution in [0, 0.1) is 18.2 Å². The van der Waals surface area contributed by atoms with Crippen molar-refractivity contribution in [3.8, 4) is 0 Å². The van der Waals surface area contributed by atoms with Crippen molar-refractivity contribution in [1.29, 1.82) is 0 Å². The van der Waals surface area contributed by atoms with Crippen LogP contribution in [0.2, 0.25) is 0 Å². The van der Waals surface area contributed by atoms with Gasteiger partial charge in [0.25, 0.3) is 5.91 Å². The Hall–Kier alpha value is -3.98. The Bertz CT molecular complexity index is 1530. The maximum atomic E-state index is 14.1. The molecule has 2 N–H and O–H groups in total. The molecule has 1 spiro atoms. The van der Waals surface area contributed by atoms with Gasteiger partial charge >= 0.3 is 0 Å². The highest BCUT2D eigenvalue weighted by Crippen LogP contribution is 2.42. The number of carbonyl (C=O) groups excluding carboxylic acids is 3. The van der Waals surface area contributed by atoms with Gasteiger partial charge in [-0.05, 0) is 73.7 Å². The van der Waals surface area contributed by atoms with E-state index in [-0.39, 0.29) is 35.0 Å². The highest BCUT2D eigenvalue weighted by Gasteiger charge is 2.44. The molecule has 220 valence electrons. The van der Waals surface area contributed by atoms with E-state index in [9.17, 15) is 18.8 Å². The Morgan fingerprint density at radius 1 is 1.12 bits per heavy atom. The first-order valence-electron chi connectivity index (χ1n) is 14.7. The summed E-state index contributed by atoms with van der Waals surface area (Å²) >= 11 is 0. The number of carbonyl (C=O) groups is 3. The molecule has 3 aliphatic heterocycles. The second-order valence-corrected chi connectivity index (χ2v) is 12.4. The van der Waals surface area contributed by atoms with Gasteiger partial charge in [0.2, 0.25) is 5.91 Å². The maximum absolute atomic E-state index is 14.1. The molecule has 0 aromatic heterocycles. The van der Waals surface area contributed by atoms with Gasteiger partial charge in [-0.25, -0.2) is 4.39 Å². The topological polar surface area (TPSA) is 85.0 Å². The summed E-state index contributed by atoms with van der Waals surface area (Å²) in [6, 6.07) is 8.30.